The highest BCUT2D eigenvalue weighted by atomic mass is 19.3. The van der Waals surface area contributed by atoms with Crippen LogP contribution in [0.4, 0.5) is 8.78 Å². The zero-order chi connectivity index (χ0) is 11.8. The molecule has 0 spiro atoms. The Morgan fingerprint density at radius 2 is 2.25 bits per heavy atom. The highest BCUT2D eigenvalue weighted by Crippen LogP contribution is 2.27. The summed E-state index contributed by atoms with van der Waals surface area (Å²) in [5, 5.41) is 0. The molecule has 1 saturated heterocycles. The van der Waals surface area contributed by atoms with E-state index < -0.39 is 18.4 Å². The van der Waals surface area contributed by atoms with Gasteiger partial charge < -0.3 is 4.90 Å². The molecular formula is C11H12F2N2O. The number of likely N-dealkylation sites (tertiary alicyclic amines) is 1. The Hall–Kier alpha value is -1.52. The van der Waals surface area contributed by atoms with E-state index in [1.807, 2.05) is 0 Å². The average Bonchev–Trinajstić information content (AvgIpc) is 2.58. The van der Waals surface area contributed by atoms with Crippen molar-refractivity contribution in [3.63, 3.8) is 0 Å². The highest BCUT2D eigenvalue weighted by molar-refractivity contribution is 5.92. The quantitative estimate of drug-likeness (QED) is 0.732. The number of aryl methyl sites for hydroxylation is 1. The lowest BCUT2D eigenvalue weighted by Crippen LogP contribution is -2.32. The van der Waals surface area contributed by atoms with Crippen molar-refractivity contribution in [3.8, 4) is 0 Å². The van der Waals surface area contributed by atoms with Gasteiger partial charge in [-0.25, -0.2) is 13.8 Å². The Kier molecular flexibility index (Phi) is 2.61. The average molecular weight is 226 g/mol. The molecule has 3 nitrogen and oxygen atoms in total. The first kappa shape index (κ1) is 11.0. The number of amides is 1. The fourth-order valence-electron chi connectivity index (χ4n) is 1.73. The minimum Gasteiger partial charge on any atom is -0.331 e. The smallest absolute Gasteiger partial charge is 0.272 e. The predicted molar refractivity (Wildman–Crippen MR) is 54.4 cm³/mol. The van der Waals surface area contributed by atoms with Gasteiger partial charge in [-0.05, 0) is 19.1 Å². The number of hydrogen-bond acceptors (Lipinski definition) is 2. The van der Waals surface area contributed by atoms with E-state index in [0.717, 1.165) is 4.90 Å². The SMILES string of the molecule is Cc1cccc(C(=O)N2CCC(F)(F)C2)n1. The van der Waals surface area contributed by atoms with Crippen LogP contribution >= 0.6 is 0 Å². The molecule has 2 heterocycles. The Morgan fingerprint density at radius 1 is 1.50 bits per heavy atom. The Morgan fingerprint density at radius 3 is 2.81 bits per heavy atom. The fourth-order valence-corrected chi connectivity index (χ4v) is 1.73. The Bertz CT molecular complexity index is 420. The van der Waals surface area contributed by atoms with Gasteiger partial charge in [-0.2, -0.15) is 0 Å². The molecule has 0 aromatic carbocycles. The molecule has 5 heteroatoms. The summed E-state index contributed by atoms with van der Waals surface area (Å²) in [6.07, 6.45) is -0.259. The normalized spacial score (nSPS) is 18.8. The minimum absolute atomic E-state index is 0.0987. The van der Waals surface area contributed by atoms with Crippen LogP contribution < -0.4 is 0 Å². The topological polar surface area (TPSA) is 33.2 Å². The second-order valence-electron chi connectivity index (χ2n) is 4.00. The lowest BCUT2D eigenvalue weighted by molar-refractivity contribution is 0.0119. The third-order valence-electron chi connectivity index (χ3n) is 2.56. The summed E-state index contributed by atoms with van der Waals surface area (Å²) in [7, 11) is 0. The molecule has 0 bridgehead atoms. The summed E-state index contributed by atoms with van der Waals surface area (Å²) >= 11 is 0. The van der Waals surface area contributed by atoms with Gasteiger partial charge in [0.25, 0.3) is 11.8 Å². The second kappa shape index (κ2) is 3.81. The van der Waals surface area contributed by atoms with Crippen molar-refractivity contribution in [1.82, 2.24) is 9.88 Å². The van der Waals surface area contributed by atoms with Crippen molar-refractivity contribution in [2.24, 2.45) is 0 Å². The van der Waals surface area contributed by atoms with E-state index in [9.17, 15) is 13.6 Å². The summed E-state index contributed by atoms with van der Waals surface area (Å²) in [5.41, 5.74) is 0.939. The Labute approximate surface area is 92.1 Å². The van der Waals surface area contributed by atoms with Crippen LogP contribution in [0.5, 0.6) is 0 Å². The third kappa shape index (κ3) is 2.18. The van der Waals surface area contributed by atoms with Crippen LogP contribution in [-0.4, -0.2) is 34.8 Å². The molecule has 0 N–H and O–H groups in total. The van der Waals surface area contributed by atoms with Gasteiger partial charge in [0, 0.05) is 18.7 Å². The maximum Gasteiger partial charge on any atom is 0.272 e. The first-order valence-corrected chi connectivity index (χ1v) is 5.09. The molecule has 0 saturated carbocycles. The minimum atomic E-state index is -2.75. The summed E-state index contributed by atoms with van der Waals surface area (Å²) in [6, 6.07) is 5.00. The lowest BCUT2D eigenvalue weighted by Gasteiger charge is -2.15. The number of halogens is 2. The van der Waals surface area contributed by atoms with E-state index in [0.29, 0.717) is 5.69 Å². The van der Waals surface area contributed by atoms with Gasteiger partial charge in [-0.15, -0.1) is 0 Å². The van der Waals surface area contributed by atoms with Gasteiger partial charge in [0.15, 0.2) is 0 Å². The summed E-state index contributed by atoms with van der Waals surface area (Å²) in [5.74, 6) is -3.17. The van der Waals surface area contributed by atoms with Gasteiger partial charge >= 0.3 is 0 Å². The number of nitrogens with zero attached hydrogens (tertiary/aromatic N) is 2. The number of hydrogen-bond donors (Lipinski definition) is 0. The van der Waals surface area contributed by atoms with E-state index in [-0.39, 0.29) is 18.7 Å². The highest BCUT2D eigenvalue weighted by Gasteiger charge is 2.40. The largest absolute Gasteiger partial charge is 0.331 e. The first-order chi connectivity index (χ1) is 7.48. The number of carbonyl (C=O) groups excluding carboxylic acids is 1. The maximum absolute atomic E-state index is 12.9. The van der Waals surface area contributed by atoms with Crippen LogP contribution in [0, 0.1) is 6.92 Å². The fraction of sp³-hybridized carbons (Fsp3) is 0.455. The molecule has 86 valence electrons. The zero-order valence-corrected chi connectivity index (χ0v) is 8.91. The molecule has 1 aliphatic heterocycles. The predicted octanol–water partition coefficient (Wildman–Crippen LogP) is 1.87. The van der Waals surface area contributed by atoms with Crippen LogP contribution in [0.25, 0.3) is 0 Å². The van der Waals surface area contributed by atoms with Crippen molar-refractivity contribution in [3.05, 3.63) is 29.6 Å². The lowest BCUT2D eigenvalue weighted by atomic mass is 10.3. The zero-order valence-electron chi connectivity index (χ0n) is 8.91. The van der Waals surface area contributed by atoms with Crippen molar-refractivity contribution >= 4 is 5.91 Å². The summed E-state index contributed by atoms with van der Waals surface area (Å²) in [6.45, 7) is 1.36. The molecular weight excluding hydrogens is 214 g/mol. The third-order valence-corrected chi connectivity index (χ3v) is 2.56. The van der Waals surface area contributed by atoms with Crippen molar-refractivity contribution in [1.29, 1.82) is 0 Å². The number of alkyl halides is 2. The molecule has 0 aliphatic carbocycles. The molecule has 1 aliphatic rings. The summed E-state index contributed by atoms with van der Waals surface area (Å²) < 4.78 is 25.9. The van der Waals surface area contributed by atoms with E-state index in [1.54, 1.807) is 25.1 Å². The van der Waals surface area contributed by atoms with Gasteiger partial charge in [-0.3, -0.25) is 4.79 Å². The van der Waals surface area contributed by atoms with Crippen LogP contribution in [0.1, 0.15) is 22.6 Å². The Balaban J connectivity index is 2.15. The first-order valence-electron chi connectivity index (χ1n) is 5.09. The summed E-state index contributed by atoms with van der Waals surface area (Å²) in [4.78, 5) is 17.0. The van der Waals surface area contributed by atoms with E-state index in [1.165, 1.54) is 0 Å². The second-order valence-corrected chi connectivity index (χ2v) is 4.00. The van der Waals surface area contributed by atoms with Crippen LogP contribution in [-0.2, 0) is 0 Å². The maximum atomic E-state index is 12.9. The van der Waals surface area contributed by atoms with E-state index in [2.05, 4.69) is 4.98 Å². The van der Waals surface area contributed by atoms with Crippen LogP contribution in [0.2, 0.25) is 0 Å². The van der Waals surface area contributed by atoms with Gasteiger partial charge in [0.05, 0.1) is 6.54 Å². The van der Waals surface area contributed by atoms with Crippen molar-refractivity contribution in [2.75, 3.05) is 13.1 Å². The molecule has 2 rings (SSSR count). The van der Waals surface area contributed by atoms with Gasteiger partial charge in [0.2, 0.25) is 0 Å². The number of aromatic nitrogens is 1. The van der Waals surface area contributed by atoms with Crippen LogP contribution in [0.3, 0.4) is 0 Å². The molecule has 0 atom stereocenters. The molecule has 1 fully saturated rings. The monoisotopic (exact) mass is 226 g/mol. The standard InChI is InChI=1S/C11H12F2N2O/c1-8-3-2-4-9(14-8)10(16)15-6-5-11(12,13)7-15/h2-4H,5-7H2,1H3. The van der Waals surface area contributed by atoms with Crippen molar-refractivity contribution < 1.29 is 13.6 Å². The van der Waals surface area contributed by atoms with Crippen LogP contribution in [0.15, 0.2) is 18.2 Å². The number of carbonyl (C=O) groups is 1. The van der Waals surface area contributed by atoms with E-state index in [4.69, 9.17) is 0 Å². The van der Waals surface area contributed by atoms with Crippen molar-refractivity contribution in [2.45, 2.75) is 19.3 Å². The molecule has 16 heavy (non-hydrogen) atoms. The molecule has 1 aromatic heterocycles. The molecule has 0 radical (unpaired) electrons. The van der Waals surface area contributed by atoms with E-state index >= 15 is 0 Å². The molecule has 1 amide bonds. The van der Waals surface area contributed by atoms with Gasteiger partial charge in [0.1, 0.15) is 5.69 Å². The number of pyridine rings is 1. The number of rotatable bonds is 1. The molecule has 0 unspecified atom stereocenters. The molecule has 1 aromatic rings. The van der Waals surface area contributed by atoms with Gasteiger partial charge in [-0.1, -0.05) is 6.07 Å².